The molecule has 65 heavy (non-hydrogen) atoms. The number of rotatable bonds is 8. The lowest BCUT2D eigenvalue weighted by Crippen LogP contribution is -2.75. The third-order valence-corrected chi connectivity index (χ3v) is 22.4. The molecule has 11 nitrogen and oxygen atoms in total. The highest BCUT2D eigenvalue weighted by Gasteiger charge is 2.63. The molecule has 11 aliphatic rings. The largest absolute Gasteiger partial charge is 0.391 e. The first-order chi connectivity index (χ1) is 31.5. The van der Waals surface area contributed by atoms with Crippen LogP contribution in [0.2, 0.25) is 0 Å². The zero-order valence-electron chi connectivity index (χ0n) is 43.0. The molecule has 370 valence electrons. The maximum atomic E-state index is 12.2. The third-order valence-electron chi connectivity index (χ3n) is 22.4. The minimum absolute atomic E-state index is 0.187. The summed E-state index contributed by atoms with van der Waals surface area (Å²) in [6.07, 6.45) is 18.3. The van der Waals surface area contributed by atoms with E-state index in [9.17, 15) is 5.11 Å². The van der Waals surface area contributed by atoms with Crippen molar-refractivity contribution in [3.63, 3.8) is 0 Å². The topological polar surface area (TPSA) is 52.6 Å². The third kappa shape index (κ3) is 8.18. The predicted molar refractivity (Wildman–Crippen MR) is 264 cm³/mol. The van der Waals surface area contributed by atoms with Crippen molar-refractivity contribution in [2.75, 3.05) is 127 Å². The minimum Gasteiger partial charge on any atom is -0.391 e. The van der Waals surface area contributed by atoms with Gasteiger partial charge in [-0.05, 0) is 197 Å². The van der Waals surface area contributed by atoms with Gasteiger partial charge in [0.05, 0.1) is 39.4 Å². The van der Waals surface area contributed by atoms with Crippen LogP contribution < -0.4 is 0 Å². The molecule has 19 atom stereocenters. The van der Waals surface area contributed by atoms with Crippen molar-refractivity contribution >= 4 is 0 Å². The van der Waals surface area contributed by atoms with Crippen LogP contribution >= 0.6 is 0 Å². The first kappa shape index (κ1) is 46.9. The summed E-state index contributed by atoms with van der Waals surface area (Å²) in [5.41, 5.74) is 0.423. The highest BCUT2D eigenvalue weighted by Crippen LogP contribution is 2.66. The summed E-state index contributed by atoms with van der Waals surface area (Å²) in [5.74, 6) is 7.69. The van der Waals surface area contributed by atoms with Crippen LogP contribution in [0.15, 0.2) is 0 Å². The fourth-order valence-electron chi connectivity index (χ4n) is 20.6. The standard InChI is InChI=1S/C54H98N10O/c1-9-59-32-55(5)26-37-21-42(13-17-47(37)59)54(43-14-18-48-38(22-43)27-56(6)33-60(48)10-2,44-15-19-49-39(23-44)28-57(7)34-61(49)11-3)45-16-20-50-40(24-45)30-64-36-63(50)31-46-52-41(25-51(65)53(46)64)29-58(8)35-62(52)12-4/h37-53,65H,9-36H2,1-8H3. The molecular formula is C54H98N10O. The fraction of sp³-hybridized carbons (Fsp3) is 1.00. The molecule has 6 heterocycles. The van der Waals surface area contributed by atoms with Gasteiger partial charge in [0.25, 0.3) is 0 Å². The van der Waals surface area contributed by atoms with Crippen LogP contribution in [0.3, 0.4) is 0 Å². The van der Waals surface area contributed by atoms with Gasteiger partial charge < -0.3 is 5.11 Å². The molecule has 6 aliphatic heterocycles. The summed E-state index contributed by atoms with van der Waals surface area (Å²) in [7, 11) is 9.61. The van der Waals surface area contributed by atoms with E-state index in [1.807, 2.05) is 0 Å². The molecule has 0 radical (unpaired) electrons. The number of hydrogen-bond acceptors (Lipinski definition) is 11. The molecule has 0 spiro atoms. The summed E-state index contributed by atoms with van der Waals surface area (Å²) >= 11 is 0. The maximum absolute atomic E-state index is 12.2. The van der Waals surface area contributed by atoms with E-state index in [4.69, 9.17) is 0 Å². The second-order valence-corrected chi connectivity index (χ2v) is 25.6. The molecule has 5 saturated carbocycles. The Morgan fingerprint density at radius 2 is 0.769 bits per heavy atom. The average molecular weight is 903 g/mol. The maximum Gasteiger partial charge on any atom is 0.0703 e. The van der Waals surface area contributed by atoms with Gasteiger partial charge in [-0.15, -0.1) is 0 Å². The zero-order valence-corrected chi connectivity index (χ0v) is 43.0. The Labute approximate surface area is 397 Å². The smallest absolute Gasteiger partial charge is 0.0703 e. The van der Waals surface area contributed by atoms with Crippen molar-refractivity contribution in [2.24, 2.45) is 64.6 Å². The lowest BCUT2D eigenvalue weighted by molar-refractivity contribution is -0.199. The number of nitrogens with zero attached hydrogens (tertiary/aromatic N) is 10. The van der Waals surface area contributed by atoms with Crippen LogP contribution in [0.1, 0.15) is 111 Å². The summed E-state index contributed by atoms with van der Waals surface area (Å²) in [5, 5.41) is 12.2. The highest BCUT2D eigenvalue weighted by molar-refractivity contribution is 5.14. The van der Waals surface area contributed by atoms with Crippen molar-refractivity contribution in [1.82, 2.24) is 49.0 Å². The van der Waals surface area contributed by atoms with Gasteiger partial charge in [0.2, 0.25) is 0 Å². The monoisotopic (exact) mass is 903 g/mol. The molecule has 11 fully saturated rings. The summed E-state index contributed by atoms with van der Waals surface area (Å²) in [6.45, 7) is 27.6. The molecule has 5 aliphatic carbocycles. The molecule has 19 unspecified atom stereocenters. The van der Waals surface area contributed by atoms with Gasteiger partial charge in [-0.25, -0.2) is 0 Å². The van der Waals surface area contributed by atoms with Crippen LogP contribution in [-0.4, -0.2) is 223 Å². The van der Waals surface area contributed by atoms with Crippen LogP contribution in [0.25, 0.3) is 0 Å². The number of aliphatic hydroxyl groups is 1. The molecule has 0 aromatic heterocycles. The van der Waals surface area contributed by atoms with Crippen LogP contribution in [-0.2, 0) is 0 Å². The number of aliphatic hydroxyl groups excluding tert-OH is 1. The van der Waals surface area contributed by atoms with Gasteiger partial charge in [0.15, 0.2) is 0 Å². The Morgan fingerprint density at radius 1 is 0.385 bits per heavy atom. The first-order valence-corrected chi connectivity index (χ1v) is 28.4. The Kier molecular flexibility index (Phi) is 13.7. The number of fused-ring (bicyclic) bond motifs is 11. The van der Waals surface area contributed by atoms with Crippen molar-refractivity contribution < 1.29 is 5.11 Å². The fourth-order valence-corrected chi connectivity index (χ4v) is 20.6. The van der Waals surface area contributed by atoms with E-state index in [2.05, 4.69) is 105 Å². The van der Waals surface area contributed by atoms with E-state index in [-0.39, 0.29) is 6.10 Å². The predicted octanol–water partition coefficient (Wildman–Crippen LogP) is 5.33. The van der Waals surface area contributed by atoms with E-state index >= 15 is 0 Å². The van der Waals surface area contributed by atoms with Gasteiger partial charge in [0.1, 0.15) is 0 Å². The van der Waals surface area contributed by atoms with E-state index in [1.54, 1.807) is 0 Å². The Hall–Kier alpha value is -0.440. The Balaban J connectivity index is 0.959. The summed E-state index contributed by atoms with van der Waals surface area (Å²) < 4.78 is 0. The van der Waals surface area contributed by atoms with Crippen molar-refractivity contribution in [1.29, 1.82) is 0 Å². The highest BCUT2D eigenvalue weighted by atomic mass is 16.3. The zero-order chi connectivity index (χ0) is 44.9. The van der Waals surface area contributed by atoms with Gasteiger partial charge in [0, 0.05) is 81.4 Å². The van der Waals surface area contributed by atoms with Gasteiger partial charge >= 0.3 is 0 Å². The van der Waals surface area contributed by atoms with Crippen LogP contribution in [0, 0.1) is 64.6 Å². The van der Waals surface area contributed by atoms with E-state index in [1.165, 1.54) is 129 Å². The summed E-state index contributed by atoms with van der Waals surface area (Å²) in [4.78, 5) is 28.0. The second-order valence-electron chi connectivity index (χ2n) is 25.6. The number of hydrogen-bond donors (Lipinski definition) is 1. The van der Waals surface area contributed by atoms with Crippen molar-refractivity contribution in [3.05, 3.63) is 0 Å². The Bertz CT molecular complexity index is 1510. The molecule has 0 aromatic rings. The second kappa shape index (κ2) is 19.0. The molecule has 0 amide bonds. The normalized spacial score (nSPS) is 49.7. The Morgan fingerprint density at radius 3 is 1.20 bits per heavy atom. The van der Waals surface area contributed by atoms with Gasteiger partial charge in [-0.1, -0.05) is 27.7 Å². The van der Waals surface area contributed by atoms with E-state index in [0.29, 0.717) is 29.3 Å². The van der Waals surface area contributed by atoms with Crippen molar-refractivity contribution in [3.8, 4) is 0 Å². The first-order valence-electron chi connectivity index (χ1n) is 28.4. The van der Waals surface area contributed by atoms with E-state index in [0.717, 1.165) is 124 Å². The van der Waals surface area contributed by atoms with Crippen LogP contribution in [0.5, 0.6) is 0 Å². The average Bonchev–Trinajstić information content (AvgIpc) is 3.29. The molecule has 1 N–H and O–H groups in total. The molecule has 0 aromatic carbocycles. The summed E-state index contributed by atoms with van der Waals surface area (Å²) in [6, 6.07) is 4.01. The molecule has 2 bridgehead atoms. The molecular weight excluding hydrogens is 805 g/mol. The van der Waals surface area contributed by atoms with Crippen LogP contribution in [0.4, 0.5) is 0 Å². The lowest BCUT2D eigenvalue weighted by Gasteiger charge is -2.67. The van der Waals surface area contributed by atoms with E-state index < -0.39 is 0 Å². The molecule has 11 rings (SSSR count). The lowest BCUT2D eigenvalue weighted by atomic mass is 9.42. The minimum atomic E-state index is -0.187. The van der Waals surface area contributed by atoms with Crippen molar-refractivity contribution in [2.45, 2.75) is 154 Å². The van der Waals surface area contributed by atoms with Gasteiger partial charge in [-0.3, -0.25) is 49.0 Å². The SMILES string of the molecule is CCN1CN(C)CC2CC(C(C3CCC4C(C3)CN(C)CN4CC)(C3CCC4C(C3)CN(C)CN4CC)C3CCC4C(C3)CN3CN4CC4C3C(O)CC3CN(C)CN(CC)C34)CCC21. The molecule has 11 heteroatoms. The quantitative estimate of drug-likeness (QED) is 0.345. The molecule has 6 saturated heterocycles. The van der Waals surface area contributed by atoms with Gasteiger partial charge in [-0.2, -0.15) is 0 Å².